The van der Waals surface area contributed by atoms with Gasteiger partial charge >= 0.3 is 0 Å². The molecule has 0 fully saturated rings. The average molecular weight is 242 g/mol. The van der Waals surface area contributed by atoms with Crippen LogP contribution in [0.5, 0.6) is 0 Å². The summed E-state index contributed by atoms with van der Waals surface area (Å²) >= 11 is 0. The minimum Gasteiger partial charge on any atom is -0.350 e. The predicted molar refractivity (Wildman–Crippen MR) is 69.1 cm³/mol. The molecule has 1 aromatic heterocycles. The molecule has 0 bridgehead atoms. The predicted octanol–water partition coefficient (Wildman–Crippen LogP) is 2.65. The zero-order chi connectivity index (χ0) is 13.0. The zero-order valence-corrected chi connectivity index (χ0v) is 10.1. The Morgan fingerprint density at radius 3 is 2.78 bits per heavy atom. The van der Waals surface area contributed by atoms with Gasteiger partial charge in [-0.2, -0.15) is 0 Å². The van der Waals surface area contributed by atoms with Crippen LogP contribution in [0.4, 0.5) is 0 Å². The second-order valence-electron chi connectivity index (χ2n) is 4.08. The van der Waals surface area contributed by atoms with E-state index in [1.807, 2.05) is 37.3 Å². The van der Waals surface area contributed by atoms with Gasteiger partial charge in [-0.3, -0.25) is 4.79 Å². The van der Waals surface area contributed by atoms with Gasteiger partial charge in [0.25, 0.3) is 5.91 Å². The van der Waals surface area contributed by atoms with E-state index in [2.05, 4.69) is 17.1 Å². The average Bonchev–Trinajstić information content (AvgIpc) is 2.86. The quantitative estimate of drug-likeness (QED) is 0.838. The lowest BCUT2D eigenvalue weighted by molar-refractivity contribution is 0.0920. The van der Waals surface area contributed by atoms with Gasteiger partial charge in [-0.25, -0.2) is 0 Å². The first-order valence-electron chi connectivity index (χ1n) is 5.61. The third kappa shape index (κ3) is 2.85. The van der Waals surface area contributed by atoms with Crippen LogP contribution in [0, 0.1) is 0 Å². The van der Waals surface area contributed by atoms with E-state index < -0.39 is 0 Å². The van der Waals surface area contributed by atoms with E-state index in [9.17, 15) is 4.79 Å². The number of hydrogen-bond donors (Lipinski definition) is 1. The van der Waals surface area contributed by atoms with Crippen molar-refractivity contribution < 1.29 is 9.32 Å². The van der Waals surface area contributed by atoms with Crippen LogP contribution < -0.4 is 5.32 Å². The third-order valence-corrected chi connectivity index (χ3v) is 2.35. The van der Waals surface area contributed by atoms with Crippen molar-refractivity contribution in [2.75, 3.05) is 6.54 Å². The van der Waals surface area contributed by atoms with Gasteiger partial charge in [0.05, 0.1) is 0 Å². The smallest absolute Gasteiger partial charge is 0.290 e. The zero-order valence-electron chi connectivity index (χ0n) is 10.1. The van der Waals surface area contributed by atoms with Crippen LogP contribution in [-0.4, -0.2) is 17.6 Å². The number of carbonyl (C=O) groups is 1. The summed E-state index contributed by atoms with van der Waals surface area (Å²) in [5.41, 5.74) is 2.45. The highest BCUT2D eigenvalue weighted by Gasteiger charge is 2.13. The molecule has 2 rings (SSSR count). The minimum atomic E-state index is -0.285. The van der Waals surface area contributed by atoms with Gasteiger partial charge in [0.1, 0.15) is 5.69 Å². The van der Waals surface area contributed by atoms with Crippen molar-refractivity contribution in [2.45, 2.75) is 6.92 Å². The Morgan fingerprint density at radius 2 is 2.11 bits per heavy atom. The maximum atomic E-state index is 11.7. The Bertz CT molecular complexity index is 558. The molecule has 0 radical (unpaired) electrons. The lowest BCUT2D eigenvalue weighted by Crippen LogP contribution is -2.24. The first-order valence-corrected chi connectivity index (χ1v) is 5.61. The molecule has 4 heteroatoms. The van der Waals surface area contributed by atoms with Crippen molar-refractivity contribution >= 4 is 5.91 Å². The van der Waals surface area contributed by atoms with Gasteiger partial charge in [-0.05, 0) is 6.92 Å². The van der Waals surface area contributed by atoms with Gasteiger partial charge in [-0.1, -0.05) is 47.6 Å². The van der Waals surface area contributed by atoms with Gasteiger partial charge in [0.15, 0.2) is 0 Å². The molecule has 0 atom stereocenters. The van der Waals surface area contributed by atoms with Gasteiger partial charge < -0.3 is 9.84 Å². The summed E-state index contributed by atoms with van der Waals surface area (Å²) in [5, 5.41) is 6.57. The topological polar surface area (TPSA) is 55.1 Å². The van der Waals surface area contributed by atoms with Gasteiger partial charge in [0.2, 0.25) is 5.76 Å². The molecular formula is C14H14N2O2. The summed E-state index contributed by atoms with van der Waals surface area (Å²) in [6, 6.07) is 11.2. The van der Waals surface area contributed by atoms with E-state index in [1.54, 1.807) is 6.07 Å². The van der Waals surface area contributed by atoms with Crippen molar-refractivity contribution in [3.05, 3.63) is 54.3 Å². The Morgan fingerprint density at radius 1 is 1.39 bits per heavy atom. The van der Waals surface area contributed by atoms with E-state index >= 15 is 0 Å². The van der Waals surface area contributed by atoms with Crippen molar-refractivity contribution in [1.82, 2.24) is 10.5 Å². The highest BCUT2D eigenvalue weighted by Crippen LogP contribution is 2.18. The molecule has 1 aromatic carbocycles. The highest BCUT2D eigenvalue weighted by molar-refractivity contribution is 5.92. The van der Waals surface area contributed by atoms with Crippen LogP contribution in [0.1, 0.15) is 17.5 Å². The SMILES string of the molecule is C=C(C)CNC(=O)c1cc(-c2ccccc2)no1. The van der Waals surface area contributed by atoms with Crippen molar-refractivity contribution in [3.63, 3.8) is 0 Å². The van der Waals surface area contributed by atoms with Crippen molar-refractivity contribution in [2.24, 2.45) is 0 Å². The van der Waals surface area contributed by atoms with E-state index in [0.29, 0.717) is 12.2 Å². The largest absolute Gasteiger partial charge is 0.350 e. The number of aromatic nitrogens is 1. The van der Waals surface area contributed by atoms with Gasteiger partial charge in [0, 0.05) is 18.2 Å². The number of rotatable bonds is 4. The number of amides is 1. The fourth-order valence-corrected chi connectivity index (χ4v) is 1.45. The first kappa shape index (κ1) is 12.1. The summed E-state index contributed by atoms with van der Waals surface area (Å²) in [6.45, 7) is 5.99. The maximum Gasteiger partial charge on any atom is 0.290 e. The third-order valence-electron chi connectivity index (χ3n) is 2.35. The molecule has 0 aliphatic carbocycles. The molecule has 2 aromatic rings. The van der Waals surface area contributed by atoms with E-state index in [-0.39, 0.29) is 11.7 Å². The van der Waals surface area contributed by atoms with Crippen LogP contribution in [-0.2, 0) is 0 Å². The number of nitrogens with one attached hydrogen (secondary N) is 1. The normalized spacial score (nSPS) is 10.1. The Labute approximate surface area is 105 Å². The minimum absolute atomic E-state index is 0.204. The molecule has 4 nitrogen and oxygen atoms in total. The molecule has 92 valence electrons. The van der Waals surface area contributed by atoms with Crippen LogP contribution >= 0.6 is 0 Å². The molecular weight excluding hydrogens is 228 g/mol. The standard InChI is InChI=1S/C14H14N2O2/c1-10(2)9-15-14(17)13-8-12(16-18-13)11-6-4-3-5-7-11/h3-8H,1,9H2,2H3,(H,15,17). The molecule has 1 amide bonds. The summed E-state index contributed by atoms with van der Waals surface area (Å²) in [4.78, 5) is 11.7. The molecule has 0 saturated heterocycles. The first-order chi connectivity index (χ1) is 8.66. The molecule has 0 unspecified atom stereocenters. The Hall–Kier alpha value is -2.36. The summed E-state index contributed by atoms with van der Waals surface area (Å²) in [6.07, 6.45) is 0. The molecule has 0 aliphatic rings. The van der Waals surface area contributed by atoms with Gasteiger partial charge in [-0.15, -0.1) is 0 Å². The summed E-state index contributed by atoms with van der Waals surface area (Å²) < 4.78 is 5.02. The summed E-state index contributed by atoms with van der Waals surface area (Å²) in [7, 11) is 0. The monoisotopic (exact) mass is 242 g/mol. The molecule has 0 aliphatic heterocycles. The Balaban J connectivity index is 2.11. The second kappa shape index (κ2) is 5.31. The molecule has 1 N–H and O–H groups in total. The fourth-order valence-electron chi connectivity index (χ4n) is 1.45. The van der Waals surface area contributed by atoms with Crippen LogP contribution in [0.3, 0.4) is 0 Å². The Kier molecular flexibility index (Phi) is 3.57. The van der Waals surface area contributed by atoms with Crippen LogP contribution in [0.25, 0.3) is 11.3 Å². The van der Waals surface area contributed by atoms with E-state index in [4.69, 9.17) is 4.52 Å². The van der Waals surface area contributed by atoms with Crippen molar-refractivity contribution in [3.8, 4) is 11.3 Å². The number of hydrogen-bond acceptors (Lipinski definition) is 3. The highest BCUT2D eigenvalue weighted by atomic mass is 16.5. The van der Waals surface area contributed by atoms with E-state index in [0.717, 1.165) is 11.1 Å². The molecule has 0 saturated carbocycles. The summed E-state index contributed by atoms with van der Waals surface area (Å²) in [5.74, 6) is -0.0808. The van der Waals surface area contributed by atoms with Crippen molar-refractivity contribution in [1.29, 1.82) is 0 Å². The van der Waals surface area contributed by atoms with E-state index in [1.165, 1.54) is 0 Å². The molecule has 18 heavy (non-hydrogen) atoms. The molecule has 0 spiro atoms. The lowest BCUT2D eigenvalue weighted by Gasteiger charge is -2.00. The second-order valence-corrected chi connectivity index (χ2v) is 4.08. The maximum absolute atomic E-state index is 11.7. The number of carbonyl (C=O) groups excluding carboxylic acids is 1. The molecule has 1 heterocycles. The van der Waals surface area contributed by atoms with Crippen LogP contribution in [0.15, 0.2) is 53.1 Å². The fraction of sp³-hybridized carbons (Fsp3) is 0.143. The lowest BCUT2D eigenvalue weighted by atomic mass is 10.1. The number of nitrogens with zero attached hydrogens (tertiary/aromatic N) is 1. The van der Waals surface area contributed by atoms with Crippen LogP contribution in [0.2, 0.25) is 0 Å². The number of benzene rings is 1.